The van der Waals surface area contributed by atoms with Crippen molar-refractivity contribution in [1.29, 1.82) is 0 Å². The number of hydrogen-bond donors (Lipinski definition) is 0. The highest BCUT2D eigenvalue weighted by atomic mass is 19.1. The molecule has 0 unspecified atom stereocenters. The fourth-order valence-electron chi connectivity index (χ4n) is 3.18. The van der Waals surface area contributed by atoms with E-state index >= 15 is 0 Å². The van der Waals surface area contributed by atoms with Crippen LogP contribution in [0, 0.1) is 5.82 Å². The zero-order valence-electron chi connectivity index (χ0n) is 12.1. The van der Waals surface area contributed by atoms with E-state index in [4.69, 9.17) is 0 Å². The summed E-state index contributed by atoms with van der Waals surface area (Å²) in [5, 5.41) is 0. The maximum absolute atomic E-state index is 13.7. The molecule has 0 aliphatic carbocycles. The number of rotatable bonds is 2. The van der Waals surface area contributed by atoms with Crippen molar-refractivity contribution in [1.82, 2.24) is 14.7 Å². The van der Waals surface area contributed by atoms with Crippen LogP contribution < -0.4 is 0 Å². The van der Waals surface area contributed by atoms with E-state index in [9.17, 15) is 14.0 Å². The maximum Gasteiger partial charge on any atom is 0.321 e. The Morgan fingerprint density at radius 2 is 1.95 bits per heavy atom. The van der Waals surface area contributed by atoms with Gasteiger partial charge in [0.1, 0.15) is 11.9 Å². The quantitative estimate of drug-likeness (QED) is 0.824. The molecule has 1 aromatic carbocycles. The molecule has 1 aromatic rings. The van der Waals surface area contributed by atoms with E-state index < -0.39 is 6.04 Å². The van der Waals surface area contributed by atoms with Gasteiger partial charge < -0.3 is 14.7 Å². The number of nitrogens with zero attached hydrogens (tertiary/aromatic N) is 3. The smallest absolute Gasteiger partial charge is 0.321 e. The zero-order valence-corrected chi connectivity index (χ0v) is 12.1. The van der Waals surface area contributed by atoms with Crippen LogP contribution in [-0.2, 0) is 11.3 Å². The third kappa shape index (κ3) is 2.24. The highest BCUT2D eigenvalue weighted by Crippen LogP contribution is 2.26. The van der Waals surface area contributed by atoms with E-state index in [-0.39, 0.29) is 30.3 Å². The minimum Gasteiger partial charge on any atom is -0.342 e. The van der Waals surface area contributed by atoms with Crippen molar-refractivity contribution >= 4 is 11.9 Å². The summed E-state index contributed by atoms with van der Waals surface area (Å²) in [4.78, 5) is 29.4. The van der Waals surface area contributed by atoms with Gasteiger partial charge in [-0.1, -0.05) is 18.2 Å². The van der Waals surface area contributed by atoms with Crippen LogP contribution in [0.15, 0.2) is 24.3 Å². The highest BCUT2D eigenvalue weighted by Gasteiger charge is 2.46. The number of hydrogen-bond acceptors (Lipinski definition) is 2. The molecule has 2 atom stereocenters. The van der Waals surface area contributed by atoms with Crippen LogP contribution in [0.4, 0.5) is 9.18 Å². The van der Waals surface area contributed by atoms with Crippen molar-refractivity contribution in [3.8, 4) is 0 Å². The molecule has 2 fully saturated rings. The number of carbonyl (C=O) groups is 2. The van der Waals surface area contributed by atoms with E-state index in [0.717, 1.165) is 0 Å². The van der Waals surface area contributed by atoms with Gasteiger partial charge in [-0.2, -0.15) is 0 Å². The van der Waals surface area contributed by atoms with Gasteiger partial charge in [0.15, 0.2) is 0 Å². The van der Waals surface area contributed by atoms with E-state index in [1.807, 2.05) is 0 Å². The summed E-state index contributed by atoms with van der Waals surface area (Å²) in [6.45, 7) is 3.04. The average molecular weight is 291 g/mol. The second-order valence-corrected chi connectivity index (χ2v) is 5.71. The number of likely N-dealkylation sites (N-methyl/N-ethyl adjacent to an activating group) is 1. The number of amides is 3. The van der Waals surface area contributed by atoms with Crippen LogP contribution in [0.5, 0.6) is 0 Å². The number of benzene rings is 1. The first-order valence-corrected chi connectivity index (χ1v) is 7.04. The molecule has 3 rings (SSSR count). The minimum absolute atomic E-state index is 0.0121. The fraction of sp³-hybridized carbons (Fsp3) is 0.467. The molecular formula is C15H18FN3O2. The van der Waals surface area contributed by atoms with Crippen molar-refractivity contribution in [2.24, 2.45) is 0 Å². The monoisotopic (exact) mass is 291 g/mol. The molecule has 2 saturated heterocycles. The molecule has 0 radical (unpaired) electrons. The van der Waals surface area contributed by atoms with Gasteiger partial charge in [0, 0.05) is 25.7 Å². The van der Waals surface area contributed by atoms with Crippen LogP contribution in [-0.4, -0.2) is 58.9 Å². The van der Waals surface area contributed by atoms with Gasteiger partial charge >= 0.3 is 6.03 Å². The Balaban J connectivity index is 1.80. The number of fused-ring (bicyclic) bond motifs is 1. The normalized spacial score (nSPS) is 25.6. The summed E-state index contributed by atoms with van der Waals surface area (Å²) in [6, 6.07) is 5.81. The lowest BCUT2D eigenvalue weighted by atomic mass is 10.1. The molecule has 5 nitrogen and oxygen atoms in total. The summed E-state index contributed by atoms with van der Waals surface area (Å²) < 4.78 is 13.7. The van der Waals surface area contributed by atoms with Crippen LogP contribution in [0.1, 0.15) is 12.5 Å². The van der Waals surface area contributed by atoms with Gasteiger partial charge in [-0.3, -0.25) is 4.79 Å². The molecular weight excluding hydrogens is 273 g/mol. The molecule has 0 bridgehead atoms. The lowest BCUT2D eigenvalue weighted by molar-refractivity contribution is -0.139. The molecule has 2 heterocycles. The van der Waals surface area contributed by atoms with Crippen LogP contribution in [0.25, 0.3) is 0 Å². The van der Waals surface area contributed by atoms with Crippen LogP contribution in [0.2, 0.25) is 0 Å². The largest absolute Gasteiger partial charge is 0.342 e. The lowest BCUT2D eigenvalue weighted by Gasteiger charge is -2.38. The summed E-state index contributed by atoms with van der Waals surface area (Å²) in [5.74, 6) is -0.358. The Morgan fingerprint density at radius 1 is 1.24 bits per heavy atom. The van der Waals surface area contributed by atoms with Gasteiger partial charge in [0.25, 0.3) is 0 Å². The van der Waals surface area contributed by atoms with E-state index in [0.29, 0.717) is 18.7 Å². The van der Waals surface area contributed by atoms with Crippen molar-refractivity contribution < 1.29 is 14.0 Å². The molecule has 6 heteroatoms. The summed E-state index contributed by atoms with van der Waals surface area (Å²) in [5.41, 5.74) is 0.498. The topological polar surface area (TPSA) is 43.9 Å². The van der Waals surface area contributed by atoms with Gasteiger partial charge in [0.2, 0.25) is 5.91 Å². The lowest BCUT2D eigenvalue weighted by Crippen LogP contribution is -2.58. The first-order chi connectivity index (χ1) is 9.99. The Hall–Kier alpha value is -2.11. The van der Waals surface area contributed by atoms with Crippen LogP contribution in [0.3, 0.4) is 0 Å². The summed E-state index contributed by atoms with van der Waals surface area (Å²) >= 11 is 0. The molecule has 2 aliphatic rings. The molecule has 112 valence electrons. The highest BCUT2D eigenvalue weighted by molar-refractivity contribution is 5.89. The molecule has 21 heavy (non-hydrogen) atoms. The third-order valence-electron chi connectivity index (χ3n) is 4.27. The molecule has 2 aliphatic heterocycles. The number of carbonyl (C=O) groups excluding carboxylic acids is 2. The van der Waals surface area contributed by atoms with Crippen molar-refractivity contribution in [3.63, 3.8) is 0 Å². The summed E-state index contributed by atoms with van der Waals surface area (Å²) in [6.07, 6.45) is 0. The molecule has 0 spiro atoms. The maximum atomic E-state index is 13.7. The predicted molar refractivity (Wildman–Crippen MR) is 74.9 cm³/mol. The van der Waals surface area contributed by atoms with Crippen molar-refractivity contribution in [2.75, 3.05) is 20.1 Å². The summed E-state index contributed by atoms with van der Waals surface area (Å²) in [7, 11) is 1.75. The fourth-order valence-corrected chi connectivity index (χ4v) is 3.18. The number of piperazine rings is 1. The molecule has 3 amide bonds. The van der Waals surface area contributed by atoms with Crippen LogP contribution >= 0.6 is 0 Å². The average Bonchev–Trinajstić information content (AvgIpc) is 2.75. The first-order valence-electron chi connectivity index (χ1n) is 7.04. The number of urea groups is 1. The molecule has 0 aromatic heterocycles. The van der Waals surface area contributed by atoms with Crippen molar-refractivity contribution in [2.45, 2.75) is 25.6 Å². The minimum atomic E-state index is -0.452. The van der Waals surface area contributed by atoms with Gasteiger partial charge in [-0.15, -0.1) is 0 Å². The first kappa shape index (κ1) is 13.9. The van der Waals surface area contributed by atoms with Crippen molar-refractivity contribution in [3.05, 3.63) is 35.6 Å². The number of halogens is 1. The van der Waals surface area contributed by atoms with E-state index in [1.54, 1.807) is 46.9 Å². The Labute approximate surface area is 122 Å². The Bertz CT molecular complexity index is 592. The second-order valence-electron chi connectivity index (χ2n) is 5.71. The van der Waals surface area contributed by atoms with E-state index in [2.05, 4.69) is 0 Å². The Morgan fingerprint density at radius 3 is 2.67 bits per heavy atom. The third-order valence-corrected chi connectivity index (χ3v) is 4.27. The SMILES string of the molecule is C[C@H]1C(=O)N(C)C[C@H]2CN(Cc3ccccc3F)C(=O)N21. The second kappa shape index (κ2) is 5.02. The molecule has 0 N–H and O–H groups in total. The van der Waals surface area contributed by atoms with Gasteiger partial charge in [-0.25, -0.2) is 9.18 Å². The van der Waals surface area contributed by atoms with Gasteiger partial charge in [-0.05, 0) is 13.0 Å². The zero-order chi connectivity index (χ0) is 15.1. The van der Waals surface area contributed by atoms with E-state index in [1.165, 1.54) is 6.07 Å². The Kier molecular flexibility index (Phi) is 3.31. The predicted octanol–water partition coefficient (Wildman–Crippen LogP) is 1.29. The standard InChI is InChI=1S/C15H18FN3O2/c1-10-14(20)17(2)8-12-9-18(15(21)19(10)12)7-11-5-3-4-6-13(11)16/h3-6,10,12H,7-9H2,1-2H3/t10-,12-/m0/s1. The molecule has 0 saturated carbocycles. The van der Waals surface area contributed by atoms with Gasteiger partial charge in [0.05, 0.1) is 12.6 Å².